The summed E-state index contributed by atoms with van der Waals surface area (Å²) in [5.74, 6) is -4.21. The molecule has 7 heteroatoms. The molecule has 0 aliphatic carbocycles. The van der Waals surface area contributed by atoms with Gasteiger partial charge >= 0.3 is 18.1 Å². The Kier molecular flexibility index (Phi) is 3.05. The van der Waals surface area contributed by atoms with Crippen molar-refractivity contribution in [3.05, 3.63) is 11.1 Å². The second-order valence-corrected chi connectivity index (χ2v) is 2.11. The first-order valence-corrected chi connectivity index (χ1v) is 2.92. The molecule has 0 aromatic heterocycles. The molecule has 0 aromatic carbocycles. The molecule has 0 heterocycles. The molecular weight excluding hydrogens is 193 g/mol. The zero-order valence-corrected chi connectivity index (χ0v) is 6.34. The first-order valence-electron chi connectivity index (χ1n) is 2.92. The quantitative estimate of drug-likeness (QED) is 0.650. The predicted molar refractivity (Wildman–Crippen MR) is 34.0 cm³/mol. The minimum Gasteiger partial charge on any atom is -0.478 e. The Labute approximate surface area is 70.3 Å². The van der Waals surface area contributed by atoms with E-state index in [2.05, 4.69) is 0 Å². The van der Waals surface area contributed by atoms with E-state index in [4.69, 9.17) is 10.2 Å². The number of rotatable bonds is 2. The molecule has 0 spiro atoms. The number of aliphatic carboxylic acids is 2. The van der Waals surface area contributed by atoms with Gasteiger partial charge in [-0.1, -0.05) is 0 Å². The van der Waals surface area contributed by atoms with Gasteiger partial charge < -0.3 is 10.2 Å². The number of halogens is 3. The van der Waals surface area contributed by atoms with Crippen LogP contribution in [-0.4, -0.2) is 28.3 Å². The summed E-state index contributed by atoms with van der Waals surface area (Å²) in [6.45, 7) is 0.583. The number of hydrogen-bond acceptors (Lipinski definition) is 2. The third-order valence-electron chi connectivity index (χ3n) is 1.19. The van der Waals surface area contributed by atoms with Crippen LogP contribution in [0.25, 0.3) is 0 Å². The van der Waals surface area contributed by atoms with Crippen LogP contribution in [-0.2, 0) is 9.59 Å². The van der Waals surface area contributed by atoms with E-state index in [0.29, 0.717) is 6.92 Å². The van der Waals surface area contributed by atoms with Gasteiger partial charge in [0.25, 0.3) is 0 Å². The fourth-order valence-electron chi connectivity index (χ4n) is 0.601. The molecule has 2 N–H and O–H groups in total. The zero-order valence-electron chi connectivity index (χ0n) is 6.34. The lowest BCUT2D eigenvalue weighted by Crippen LogP contribution is -2.23. The van der Waals surface area contributed by atoms with Crippen molar-refractivity contribution in [2.75, 3.05) is 0 Å². The Hall–Kier alpha value is -1.53. The summed E-state index contributed by atoms with van der Waals surface area (Å²) in [6.07, 6.45) is -5.16. The zero-order chi connectivity index (χ0) is 10.8. The fraction of sp³-hybridized carbons (Fsp3) is 0.333. The average Bonchev–Trinajstić information content (AvgIpc) is 1.82. The minimum absolute atomic E-state index is 0.583. The van der Waals surface area contributed by atoms with Crippen LogP contribution in [0.4, 0.5) is 13.2 Å². The molecule has 0 fully saturated rings. The second kappa shape index (κ2) is 3.46. The van der Waals surface area contributed by atoms with Crippen LogP contribution in [0.15, 0.2) is 11.1 Å². The van der Waals surface area contributed by atoms with E-state index in [-0.39, 0.29) is 0 Å². The second-order valence-electron chi connectivity index (χ2n) is 2.11. The molecule has 0 saturated carbocycles. The SMILES string of the molecule is C/C(C(=O)O)=C(\C(=O)O)C(F)(F)F. The van der Waals surface area contributed by atoms with Crippen molar-refractivity contribution in [3.63, 3.8) is 0 Å². The topological polar surface area (TPSA) is 74.6 Å². The van der Waals surface area contributed by atoms with Crippen LogP contribution in [0.1, 0.15) is 6.92 Å². The maximum absolute atomic E-state index is 11.9. The van der Waals surface area contributed by atoms with Gasteiger partial charge in [0.2, 0.25) is 0 Å². The van der Waals surface area contributed by atoms with Crippen molar-refractivity contribution in [1.82, 2.24) is 0 Å². The van der Waals surface area contributed by atoms with Crippen LogP contribution >= 0.6 is 0 Å². The Bertz CT molecular complexity index is 276. The Morgan fingerprint density at radius 1 is 1.08 bits per heavy atom. The smallest absolute Gasteiger partial charge is 0.423 e. The van der Waals surface area contributed by atoms with E-state index in [1.807, 2.05) is 0 Å². The molecule has 0 unspecified atom stereocenters. The summed E-state index contributed by atoms with van der Waals surface area (Å²) in [4.78, 5) is 20.1. The number of hydrogen-bond donors (Lipinski definition) is 2. The Morgan fingerprint density at radius 2 is 1.46 bits per heavy atom. The van der Waals surface area contributed by atoms with Gasteiger partial charge in [-0.3, -0.25) is 0 Å². The normalized spacial score (nSPS) is 13.5. The van der Waals surface area contributed by atoms with Gasteiger partial charge in [0.1, 0.15) is 0 Å². The van der Waals surface area contributed by atoms with Crippen molar-refractivity contribution in [2.24, 2.45) is 0 Å². The monoisotopic (exact) mass is 198 g/mol. The number of carboxylic acid groups (broad SMARTS) is 2. The lowest BCUT2D eigenvalue weighted by Gasteiger charge is -2.08. The molecular formula is C6H5F3O4. The Balaban J connectivity index is 5.40. The van der Waals surface area contributed by atoms with Crippen LogP contribution in [0, 0.1) is 0 Å². The average molecular weight is 198 g/mol. The van der Waals surface area contributed by atoms with Crippen molar-refractivity contribution in [3.8, 4) is 0 Å². The van der Waals surface area contributed by atoms with E-state index in [9.17, 15) is 22.8 Å². The van der Waals surface area contributed by atoms with Gasteiger partial charge in [-0.05, 0) is 6.92 Å². The van der Waals surface area contributed by atoms with Crippen molar-refractivity contribution in [2.45, 2.75) is 13.1 Å². The number of alkyl halides is 3. The maximum atomic E-state index is 11.9. The van der Waals surface area contributed by atoms with Gasteiger partial charge in [-0.25, -0.2) is 9.59 Å². The molecule has 74 valence electrons. The molecule has 0 saturated heterocycles. The predicted octanol–water partition coefficient (Wildman–Crippen LogP) is 1.03. The number of carboxylic acids is 2. The standard InChI is InChI=1S/C6H5F3O4/c1-2(4(10)11)3(5(12)13)6(7,8)9/h1H3,(H,10,11)(H,12,13)/b3-2-. The van der Waals surface area contributed by atoms with Gasteiger partial charge in [0.05, 0.1) is 5.57 Å². The number of carbonyl (C=O) groups is 2. The van der Waals surface area contributed by atoms with Gasteiger partial charge in [-0.15, -0.1) is 0 Å². The van der Waals surface area contributed by atoms with Gasteiger partial charge in [-0.2, -0.15) is 13.2 Å². The van der Waals surface area contributed by atoms with Crippen molar-refractivity contribution in [1.29, 1.82) is 0 Å². The van der Waals surface area contributed by atoms with E-state index in [1.54, 1.807) is 0 Å². The summed E-state index contributed by atoms with van der Waals surface area (Å²) < 4.78 is 35.6. The van der Waals surface area contributed by atoms with Crippen LogP contribution in [0.2, 0.25) is 0 Å². The summed E-state index contributed by atoms with van der Waals surface area (Å²) >= 11 is 0. The molecule has 0 amide bonds. The lowest BCUT2D eigenvalue weighted by molar-refractivity contribution is -0.147. The largest absolute Gasteiger partial charge is 0.478 e. The highest BCUT2D eigenvalue weighted by molar-refractivity contribution is 5.99. The summed E-state index contributed by atoms with van der Waals surface area (Å²) in [6, 6.07) is 0. The lowest BCUT2D eigenvalue weighted by atomic mass is 10.1. The van der Waals surface area contributed by atoms with Crippen molar-refractivity contribution >= 4 is 11.9 Å². The minimum atomic E-state index is -5.16. The molecule has 4 nitrogen and oxygen atoms in total. The van der Waals surface area contributed by atoms with E-state index in [0.717, 1.165) is 0 Å². The Morgan fingerprint density at radius 3 is 1.54 bits per heavy atom. The maximum Gasteiger partial charge on any atom is 0.423 e. The molecule has 0 aliphatic rings. The first-order chi connectivity index (χ1) is 5.68. The molecule has 13 heavy (non-hydrogen) atoms. The summed E-state index contributed by atoms with van der Waals surface area (Å²) in [5.41, 5.74) is -3.29. The molecule has 0 aliphatic heterocycles. The third kappa shape index (κ3) is 2.77. The van der Waals surface area contributed by atoms with E-state index in [1.165, 1.54) is 0 Å². The van der Waals surface area contributed by atoms with Crippen LogP contribution in [0.3, 0.4) is 0 Å². The highest BCUT2D eigenvalue weighted by Gasteiger charge is 2.41. The van der Waals surface area contributed by atoms with Gasteiger partial charge in [0.15, 0.2) is 5.57 Å². The van der Waals surface area contributed by atoms with Crippen molar-refractivity contribution < 1.29 is 33.0 Å². The molecule has 0 radical (unpaired) electrons. The first kappa shape index (κ1) is 11.5. The van der Waals surface area contributed by atoms with Crippen LogP contribution in [0.5, 0.6) is 0 Å². The van der Waals surface area contributed by atoms with Crippen LogP contribution < -0.4 is 0 Å². The summed E-state index contributed by atoms with van der Waals surface area (Å²) in [7, 11) is 0. The molecule has 0 bridgehead atoms. The van der Waals surface area contributed by atoms with Gasteiger partial charge in [0, 0.05) is 0 Å². The molecule has 0 atom stereocenters. The molecule has 0 aromatic rings. The molecule has 0 rings (SSSR count). The highest BCUT2D eigenvalue weighted by Crippen LogP contribution is 2.28. The fourth-order valence-corrected chi connectivity index (χ4v) is 0.601. The highest BCUT2D eigenvalue weighted by atomic mass is 19.4. The third-order valence-corrected chi connectivity index (χ3v) is 1.19. The van der Waals surface area contributed by atoms with E-state index >= 15 is 0 Å². The summed E-state index contributed by atoms with van der Waals surface area (Å²) in [5, 5.41) is 16.2. The van der Waals surface area contributed by atoms with E-state index < -0.39 is 29.3 Å².